The van der Waals surface area contributed by atoms with Crippen LogP contribution < -0.4 is 4.74 Å². The summed E-state index contributed by atoms with van der Waals surface area (Å²) >= 11 is 3.51. The number of rotatable bonds is 3. The van der Waals surface area contributed by atoms with Crippen LogP contribution >= 0.6 is 15.9 Å². The molecule has 2 nitrogen and oxygen atoms in total. The molecule has 0 radical (unpaired) electrons. The van der Waals surface area contributed by atoms with E-state index in [2.05, 4.69) is 43.6 Å². The maximum Gasteiger partial charge on any atom is 0.308 e. The van der Waals surface area contributed by atoms with Crippen LogP contribution in [-0.4, -0.2) is 5.97 Å². The molecule has 0 aromatic heterocycles. The Kier molecular flexibility index (Phi) is 4.75. The fourth-order valence-corrected chi connectivity index (χ4v) is 2.25. The molecule has 0 aliphatic heterocycles. The molecule has 0 heterocycles. The SMILES string of the molecule is CC(=O)Oc1c(C(C)C)cc(Br)cc1C(C)C. The van der Waals surface area contributed by atoms with Gasteiger partial charge >= 0.3 is 5.97 Å². The number of benzene rings is 1. The van der Waals surface area contributed by atoms with Crippen molar-refractivity contribution in [3.05, 3.63) is 27.7 Å². The summed E-state index contributed by atoms with van der Waals surface area (Å²) in [5.74, 6) is 1.10. The first-order chi connectivity index (χ1) is 7.82. The van der Waals surface area contributed by atoms with Gasteiger partial charge < -0.3 is 4.74 Å². The molecule has 1 aromatic rings. The minimum atomic E-state index is -0.267. The molecule has 0 atom stereocenters. The highest BCUT2D eigenvalue weighted by Crippen LogP contribution is 2.37. The Balaban J connectivity index is 3.41. The van der Waals surface area contributed by atoms with E-state index in [9.17, 15) is 4.79 Å². The normalized spacial score (nSPS) is 11.1. The average Bonchev–Trinajstić information content (AvgIpc) is 2.18. The predicted octanol–water partition coefficient (Wildman–Crippen LogP) is 4.62. The minimum Gasteiger partial charge on any atom is -0.426 e. The van der Waals surface area contributed by atoms with Gasteiger partial charge in [-0.2, -0.15) is 0 Å². The van der Waals surface area contributed by atoms with Crippen molar-refractivity contribution in [2.24, 2.45) is 0 Å². The van der Waals surface area contributed by atoms with Crippen molar-refractivity contribution in [1.29, 1.82) is 0 Å². The largest absolute Gasteiger partial charge is 0.426 e. The molecule has 17 heavy (non-hydrogen) atoms. The summed E-state index contributed by atoms with van der Waals surface area (Å²) in [6, 6.07) is 4.05. The number of carbonyl (C=O) groups is 1. The Morgan fingerprint density at radius 2 is 1.53 bits per heavy atom. The number of ether oxygens (including phenoxy) is 1. The third-order valence-corrected chi connectivity index (χ3v) is 3.06. The van der Waals surface area contributed by atoms with Gasteiger partial charge in [-0.3, -0.25) is 4.79 Å². The van der Waals surface area contributed by atoms with Gasteiger partial charge in [0, 0.05) is 11.4 Å². The van der Waals surface area contributed by atoms with Gasteiger partial charge in [0.15, 0.2) is 0 Å². The zero-order valence-electron chi connectivity index (χ0n) is 11.0. The Labute approximate surface area is 111 Å². The smallest absolute Gasteiger partial charge is 0.308 e. The van der Waals surface area contributed by atoms with E-state index in [4.69, 9.17) is 4.74 Å². The van der Waals surface area contributed by atoms with Gasteiger partial charge in [-0.15, -0.1) is 0 Å². The van der Waals surface area contributed by atoms with Crippen molar-refractivity contribution in [3.8, 4) is 5.75 Å². The molecule has 0 fully saturated rings. The maximum atomic E-state index is 11.2. The molecular weight excluding hydrogens is 280 g/mol. The zero-order chi connectivity index (χ0) is 13.2. The summed E-state index contributed by atoms with van der Waals surface area (Å²) in [7, 11) is 0. The lowest BCUT2D eigenvalue weighted by molar-refractivity contribution is -0.132. The van der Waals surface area contributed by atoms with Crippen molar-refractivity contribution >= 4 is 21.9 Å². The second-order valence-corrected chi connectivity index (χ2v) is 5.73. The van der Waals surface area contributed by atoms with Crippen molar-refractivity contribution < 1.29 is 9.53 Å². The van der Waals surface area contributed by atoms with Crippen molar-refractivity contribution in [1.82, 2.24) is 0 Å². The fraction of sp³-hybridized carbons (Fsp3) is 0.500. The first-order valence-electron chi connectivity index (χ1n) is 5.84. The van der Waals surface area contributed by atoms with Crippen LogP contribution in [0, 0.1) is 0 Å². The van der Waals surface area contributed by atoms with Crippen molar-refractivity contribution in [2.45, 2.75) is 46.5 Å². The van der Waals surface area contributed by atoms with Gasteiger partial charge in [0.1, 0.15) is 5.75 Å². The summed E-state index contributed by atoms with van der Waals surface area (Å²) in [6.07, 6.45) is 0. The Morgan fingerprint density at radius 3 is 1.82 bits per heavy atom. The summed E-state index contributed by atoms with van der Waals surface area (Å²) in [5.41, 5.74) is 2.14. The van der Waals surface area contributed by atoms with Gasteiger partial charge in [0.25, 0.3) is 0 Å². The summed E-state index contributed by atoms with van der Waals surface area (Å²) in [4.78, 5) is 11.2. The van der Waals surface area contributed by atoms with Crippen LogP contribution in [0.2, 0.25) is 0 Å². The molecule has 0 saturated carbocycles. The van der Waals surface area contributed by atoms with E-state index in [1.54, 1.807) is 0 Å². The summed E-state index contributed by atoms with van der Waals surface area (Å²) in [5, 5.41) is 0. The van der Waals surface area contributed by atoms with Gasteiger partial charge in [-0.1, -0.05) is 43.6 Å². The van der Waals surface area contributed by atoms with Crippen LogP contribution in [0.3, 0.4) is 0 Å². The highest BCUT2D eigenvalue weighted by molar-refractivity contribution is 9.10. The zero-order valence-corrected chi connectivity index (χ0v) is 12.6. The first kappa shape index (κ1) is 14.2. The van der Waals surface area contributed by atoms with E-state index in [1.807, 2.05) is 12.1 Å². The number of carbonyl (C=O) groups excluding carboxylic acids is 1. The lowest BCUT2D eigenvalue weighted by Gasteiger charge is -2.19. The molecule has 0 unspecified atom stereocenters. The second-order valence-electron chi connectivity index (χ2n) is 4.82. The number of hydrogen-bond acceptors (Lipinski definition) is 2. The highest BCUT2D eigenvalue weighted by atomic mass is 79.9. The standard InChI is InChI=1S/C14H19BrO2/c1-8(2)12-6-11(15)7-13(9(3)4)14(12)17-10(5)16/h6-9H,1-5H3. The first-order valence-corrected chi connectivity index (χ1v) is 6.64. The van der Waals surface area contributed by atoms with E-state index in [1.165, 1.54) is 6.92 Å². The molecule has 0 amide bonds. The number of esters is 1. The van der Waals surface area contributed by atoms with Gasteiger partial charge in [0.05, 0.1) is 0 Å². The molecule has 94 valence electrons. The molecule has 1 rings (SSSR count). The van der Waals surface area contributed by atoms with E-state index >= 15 is 0 Å². The lowest BCUT2D eigenvalue weighted by atomic mass is 9.94. The molecule has 0 saturated heterocycles. The van der Waals surface area contributed by atoms with E-state index in [0.717, 1.165) is 21.3 Å². The third-order valence-electron chi connectivity index (χ3n) is 2.60. The van der Waals surface area contributed by atoms with Gasteiger partial charge in [-0.25, -0.2) is 0 Å². The predicted molar refractivity (Wildman–Crippen MR) is 73.6 cm³/mol. The van der Waals surface area contributed by atoms with Crippen LogP contribution in [0.5, 0.6) is 5.75 Å². The van der Waals surface area contributed by atoms with Crippen LogP contribution in [0.4, 0.5) is 0 Å². The molecule has 0 N–H and O–H groups in total. The average molecular weight is 299 g/mol. The van der Waals surface area contributed by atoms with E-state index in [-0.39, 0.29) is 5.97 Å². The summed E-state index contributed by atoms with van der Waals surface area (Å²) in [6.45, 7) is 9.83. The Bertz CT molecular complexity index is 393. The molecule has 1 aromatic carbocycles. The van der Waals surface area contributed by atoms with Crippen LogP contribution in [-0.2, 0) is 4.79 Å². The molecule has 0 bridgehead atoms. The maximum absolute atomic E-state index is 11.2. The molecular formula is C14H19BrO2. The monoisotopic (exact) mass is 298 g/mol. The van der Waals surface area contributed by atoms with Gasteiger partial charge in [0.2, 0.25) is 0 Å². The topological polar surface area (TPSA) is 26.3 Å². The Morgan fingerprint density at radius 1 is 1.12 bits per heavy atom. The molecule has 3 heteroatoms. The van der Waals surface area contributed by atoms with Crippen LogP contribution in [0.25, 0.3) is 0 Å². The third kappa shape index (κ3) is 3.56. The number of halogens is 1. The lowest BCUT2D eigenvalue weighted by Crippen LogP contribution is -2.08. The Hall–Kier alpha value is -0.830. The van der Waals surface area contributed by atoms with Crippen molar-refractivity contribution in [2.75, 3.05) is 0 Å². The molecule has 0 spiro atoms. The van der Waals surface area contributed by atoms with Gasteiger partial charge in [-0.05, 0) is 35.1 Å². The van der Waals surface area contributed by atoms with E-state index in [0.29, 0.717) is 11.8 Å². The minimum absolute atomic E-state index is 0.267. The van der Waals surface area contributed by atoms with Crippen LogP contribution in [0.1, 0.15) is 57.6 Å². The number of hydrogen-bond donors (Lipinski definition) is 0. The quantitative estimate of drug-likeness (QED) is 0.601. The summed E-state index contributed by atoms with van der Waals surface area (Å²) < 4.78 is 6.42. The van der Waals surface area contributed by atoms with E-state index < -0.39 is 0 Å². The molecule has 0 aliphatic carbocycles. The second kappa shape index (κ2) is 5.67. The molecule has 0 aliphatic rings. The highest BCUT2D eigenvalue weighted by Gasteiger charge is 2.18. The van der Waals surface area contributed by atoms with Crippen LogP contribution in [0.15, 0.2) is 16.6 Å². The van der Waals surface area contributed by atoms with Crippen molar-refractivity contribution in [3.63, 3.8) is 0 Å². The fourth-order valence-electron chi connectivity index (χ4n) is 1.76.